The lowest BCUT2D eigenvalue weighted by Gasteiger charge is -2.36. The van der Waals surface area contributed by atoms with E-state index < -0.39 is 0 Å². The van der Waals surface area contributed by atoms with Crippen molar-refractivity contribution < 1.29 is 0 Å². The van der Waals surface area contributed by atoms with Gasteiger partial charge in [0.1, 0.15) is 0 Å². The summed E-state index contributed by atoms with van der Waals surface area (Å²) in [6, 6.07) is 7.40. The lowest BCUT2D eigenvalue weighted by atomic mass is 9.92. The summed E-state index contributed by atoms with van der Waals surface area (Å²) in [6.45, 7) is 11.4. The lowest BCUT2D eigenvalue weighted by molar-refractivity contribution is 0.162. The molecule has 0 amide bonds. The summed E-state index contributed by atoms with van der Waals surface area (Å²) >= 11 is 0. The number of nitrogens with zero attached hydrogens (tertiary/aromatic N) is 1. The molecule has 1 N–H and O–H groups in total. The van der Waals surface area contributed by atoms with Gasteiger partial charge in [-0.25, -0.2) is 0 Å². The largest absolute Gasteiger partial charge is 0.314 e. The van der Waals surface area contributed by atoms with Gasteiger partial charge >= 0.3 is 0 Å². The van der Waals surface area contributed by atoms with E-state index in [1.165, 1.54) is 43.5 Å². The molecule has 2 heteroatoms. The molecule has 1 saturated heterocycles. The monoisotopic (exact) mass is 260 g/mol. The highest BCUT2D eigenvalue weighted by molar-refractivity contribution is 5.35. The van der Waals surface area contributed by atoms with Crippen LogP contribution in [0.15, 0.2) is 18.2 Å². The number of rotatable bonds is 5. The molecule has 1 heterocycles. The van der Waals surface area contributed by atoms with Gasteiger partial charge in [0.25, 0.3) is 0 Å². The van der Waals surface area contributed by atoms with Crippen molar-refractivity contribution in [1.29, 1.82) is 0 Å². The molecule has 0 unspecified atom stereocenters. The molecular formula is C17H28N2. The zero-order valence-electron chi connectivity index (χ0n) is 12.7. The molecule has 1 aliphatic rings. The molecule has 0 radical (unpaired) electrons. The van der Waals surface area contributed by atoms with Crippen molar-refractivity contribution in [3.05, 3.63) is 34.9 Å². The molecule has 0 aliphatic carbocycles. The summed E-state index contributed by atoms with van der Waals surface area (Å²) in [5.74, 6) is 0. The van der Waals surface area contributed by atoms with Gasteiger partial charge in [0.15, 0.2) is 0 Å². The van der Waals surface area contributed by atoms with E-state index in [0.29, 0.717) is 6.04 Å². The third-order valence-corrected chi connectivity index (χ3v) is 4.43. The molecule has 2 rings (SSSR count). The fourth-order valence-corrected chi connectivity index (χ4v) is 3.06. The Morgan fingerprint density at radius 3 is 2.63 bits per heavy atom. The van der Waals surface area contributed by atoms with Crippen LogP contribution in [0.5, 0.6) is 0 Å². The Balaban J connectivity index is 2.22. The molecule has 1 aromatic rings. The van der Waals surface area contributed by atoms with Crippen molar-refractivity contribution in [1.82, 2.24) is 10.2 Å². The van der Waals surface area contributed by atoms with Crippen molar-refractivity contribution in [2.24, 2.45) is 0 Å². The molecule has 2 nitrogen and oxygen atoms in total. The van der Waals surface area contributed by atoms with Crippen LogP contribution in [-0.4, -0.2) is 31.1 Å². The highest BCUT2D eigenvalue weighted by atomic mass is 15.2. The minimum absolute atomic E-state index is 0.613. The van der Waals surface area contributed by atoms with Crippen molar-refractivity contribution >= 4 is 0 Å². The standard InChI is InChI=1S/C17H28N2/c1-4-5-9-17(19-12-10-18-11-13-19)16-8-6-7-14(2)15(16)3/h6-8,17-18H,4-5,9-13H2,1-3H3/t17-/m0/s1. The summed E-state index contributed by atoms with van der Waals surface area (Å²) in [5.41, 5.74) is 4.46. The Morgan fingerprint density at radius 1 is 1.21 bits per heavy atom. The van der Waals surface area contributed by atoms with E-state index in [0.717, 1.165) is 13.1 Å². The number of hydrogen-bond donors (Lipinski definition) is 1. The van der Waals surface area contributed by atoms with Crippen molar-refractivity contribution in [2.45, 2.75) is 46.1 Å². The second-order valence-electron chi connectivity index (χ2n) is 5.73. The first-order chi connectivity index (χ1) is 9.24. The number of benzene rings is 1. The molecule has 1 fully saturated rings. The molecule has 19 heavy (non-hydrogen) atoms. The molecule has 0 saturated carbocycles. The molecule has 0 bridgehead atoms. The van der Waals surface area contributed by atoms with Gasteiger partial charge in [-0.15, -0.1) is 0 Å². The maximum atomic E-state index is 3.46. The summed E-state index contributed by atoms with van der Waals surface area (Å²) in [7, 11) is 0. The van der Waals surface area contributed by atoms with Crippen LogP contribution >= 0.6 is 0 Å². The summed E-state index contributed by atoms with van der Waals surface area (Å²) < 4.78 is 0. The second kappa shape index (κ2) is 7.06. The Morgan fingerprint density at radius 2 is 1.95 bits per heavy atom. The first-order valence-electron chi connectivity index (χ1n) is 7.75. The van der Waals surface area contributed by atoms with E-state index in [4.69, 9.17) is 0 Å². The van der Waals surface area contributed by atoms with Gasteiger partial charge in [0.05, 0.1) is 0 Å². The maximum Gasteiger partial charge on any atom is 0.0351 e. The number of aryl methyl sites for hydroxylation is 1. The van der Waals surface area contributed by atoms with Crippen LogP contribution in [-0.2, 0) is 0 Å². The quantitative estimate of drug-likeness (QED) is 0.872. The van der Waals surface area contributed by atoms with E-state index in [1.807, 2.05) is 0 Å². The molecule has 1 aliphatic heterocycles. The SMILES string of the molecule is CCCC[C@@H](c1cccc(C)c1C)N1CCNCC1. The van der Waals surface area contributed by atoms with Gasteiger partial charge in [-0.3, -0.25) is 4.90 Å². The minimum atomic E-state index is 0.613. The van der Waals surface area contributed by atoms with Crippen LogP contribution in [0.25, 0.3) is 0 Å². The Kier molecular flexibility index (Phi) is 5.41. The predicted octanol–water partition coefficient (Wildman–Crippen LogP) is 3.44. The highest BCUT2D eigenvalue weighted by Gasteiger charge is 2.23. The van der Waals surface area contributed by atoms with Crippen LogP contribution < -0.4 is 5.32 Å². The van der Waals surface area contributed by atoms with Crippen LogP contribution in [0.1, 0.15) is 48.9 Å². The molecule has 1 aromatic carbocycles. The van der Waals surface area contributed by atoms with Gasteiger partial charge < -0.3 is 5.32 Å². The number of hydrogen-bond acceptors (Lipinski definition) is 2. The zero-order valence-corrected chi connectivity index (χ0v) is 12.7. The summed E-state index contributed by atoms with van der Waals surface area (Å²) in [6.07, 6.45) is 3.90. The number of piperazine rings is 1. The third kappa shape index (κ3) is 3.58. The molecule has 0 aromatic heterocycles. The van der Waals surface area contributed by atoms with E-state index in [9.17, 15) is 0 Å². The van der Waals surface area contributed by atoms with Gasteiger partial charge in [0.2, 0.25) is 0 Å². The Hall–Kier alpha value is -0.860. The van der Waals surface area contributed by atoms with Gasteiger partial charge in [-0.05, 0) is 37.0 Å². The average molecular weight is 260 g/mol. The average Bonchev–Trinajstić information content (AvgIpc) is 2.45. The first kappa shape index (κ1) is 14.5. The van der Waals surface area contributed by atoms with E-state index in [1.54, 1.807) is 5.56 Å². The second-order valence-corrected chi connectivity index (χ2v) is 5.73. The molecular weight excluding hydrogens is 232 g/mol. The number of nitrogens with one attached hydrogen (secondary N) is 1. The molecule has 1 atom stereocenters. The van der Waals surface area contributed by atoms with E-state index in [2.05, 4.69) is 49.2 Å². The minimum Gasteiger partial charge on any atom is -0.314 e. The van der Waals surface area contributed by atoms with Crippen LogP contribution in [0, 0.1) is 13.8 Å². The highest BCUT2D eigenvalue weighted by Crippen LogP contribution is 2.30. The normalized spacial score (nSPS) is 18.5. The first-order valence-corrected chi connectivity index (χ1v) is 7.75. The Bertz CT molecular complexity index is 394. The summed E-state index contributed by atoms with van der Waals surface area (Å²) in [5, 5.41) is 3.46. The van der Waals surface area contributed by atoms with E-state index in [-0.39, 0.29) is 0 Å². The van der Waals surface area contributed by atoms with Crippen LogP contribution in [0.3, 0.4) is 0 Å². The van der Waals surface area contributed by atoms with E-state index >= 15 is 0 Å². The fourth-order valence-electron chi connectivity index (χ4n) is 3.06. The third-order valence-electron chi connectivity index (χ3n) is 4.43. The molecule has 0 spiro atoms. The van der Waals surface area contributed by atoms with Gasteiger partial charge in [0, 0.05) is 32.2 Å². The van der Waals surface area contributed by atoms with Crippen molar-refractivity contribution in [2.75, 3.05) is 26.2 Å². The van der Waals surface area contributed by atoms with Gasteiger partial charge in [-0.1, -0.05) is 38.0 Å². The predicted molar refractivity (Wildman–Crippen MR) is 82.6 cm³/mol. The smallest absolute Gasteiger partial charge is 0.0351 e. The molecule has 106 valence electrons. The lowest BCUT2D eigenvalue weighted by Crippen LogP contribution is -2.45. The van der Waals surface area contributed by atoms with Crippen LogP contribution in [0.4, 0.5) is 0 Å². The van der Waals surface area contributed by atoms with Gasteiger partial charge in [-0.2, -0.15) is 0 Å². The maximum absolute atomic E-state index is 3.46. The van der Waals surface area contributed by atoms with Crippen LogP contribution in [0.2, 0.25) is 0 Å². The van der Waals surface area contributed by atoms with Crippen molar-refractivity contribution in [3.63, 3.8) is 0 Å². The zero-order chi connectivity index (χ0) is 13.7. The summed E-state index contributed by atoms with van der Waals surface area (Å²) in [4.78, 5) is 2.67. The number of unbranched alkanes of at least 4 members (excludes halogenated alkanes) is 1. The Labute approximate surface area is 118 Å². The topological polar surface area (TPSA) is 15.3 Å². The van der Waals surface area contributed by atoms with Crippen molar-refractivity contribution in [3.8, 4) is 0 Å². The fraction of sp³-hybridized carbons (Fsp3) is 0.647.